The third-order valence-corrected chi connectivity index (χ3v) is 6.13. The van der Waals surface area contributed by atoms with E-state index >= 15 is 0 Å². The van der Waals surface area contributed by atoms with Gasteiger partial charge in [0.1, 0.15) is 0 Å². The Morgan fingerprint density at radius 2 is 1.81 bits per heavy atom. The van der Waals surface area contributed by atoms with Crippen LogP contribution >= 0.6 is 0 Å². The third-order valence-electron chi connectivity index (χ3n) is 4.74. The van der Waals surface area contributed by atoms with Crippen molar-refractivity contribution in [3.63, 3.8) is 0 Å². The zero-order chi connectivity index (χ0) is 18.6. The molecule has 0 saturated carbocycles. The lowest BCUT2D eigenvalue weighted by atomic mass is 10.1. The fourth-order valence-electron chi connectivity index (χ4n) is 3.23. The van der Waals surface area contributed by atoms with E-state index in [4.69, 9.17) is 4.74 Å². The molecular formula is C20H26N2O3S. The molecule has 0 radical (unpaired) electrons. The van der Waals surface area contributed by atoms with Crippen LogP contribution in [-0.2, 0) is 21.2 Å². The summed E-state index contributed by atoms with van der Waals surface area (Å²) in [6.45, 7) is 3.92. The monoisotopic (exact) mass is 374 g/mol. The number of nitrogens with one attached hydrogen (secondary N) is 1. The number of hydrogen-bond donors (Lipinski definition) is 1. The van der Waals surface area contributed by atoms with Crippen LogP contribution in [0.25, 0.3) is 0 Å². The molecule has 0 aromatic heterocycles. The van der Waals surface area contributed by atoms with Gasteiger partial charge in [-0.3, -0.25) is 4.72 Å². The van der Waals surface area contributed by atoms with Gasteiger partial charge in [-0.1, -0.05) is 25.5 Å². The maximum atomic E-state index is 12.6. The summed E-state index contributed by atoms with van der Waals surface area (Å²) in [4.78, 5) is 2.53. The summed E-state index contributed by atoms with van der Waals surface area (Å²) < 4.78 is 33.2. The Labute approximate surface area is 156 Å². The van der Waals surface area contributed by atoms with Crippen LogP contribution in [-0.4, -0.2) is 34.7 Å². The Kier molecular flexibility index (Phi) is 5.84. The van der Waals surface area contributed by atoms with Gasteiger partial charge < -0.3 is 9.64 Å². The topological polar surface area (TPSA) is 58.6 Å². The highest BCUT2D eigenvalue weighted by Gasteiger charge is 2.22. The van der Waals surface area contributed by atoms with Crippen LogP contribution in [0.5, 0.6) is 0 Å². The number of benzene rings is 2. The number of methoxy groups -OCH3 is 1. The van der Waals surface area contributed by atoms with Gasteiger partial charge in [0.25, 0.3) is 10.0 Å². The second-order valence-corrected chi connectivity index (χ2v) is 8.32. The highest BCUT2D eigenvalue weighted by atomic mass is 32.2. The van der Waals surface area contributed by atoms with Gasteiger partial charge in [0, 0.05) is 31.6 Å². The number of hydrogen-bond acceptors (Lipinski definition) is 4. The zero-order valence-corrected chi connectivity index (χ0v) is 16.1. The van der Waals surface area contributed by atoms with Crippen LogP contribution in [0.15, 0.2) is 53.4 Å². The molecule has 0 amide bonds. The Morgan fingerprint density at radius 1 is 1.12 bits per heavy atom. The maximum Gasteiger partial charge on any atom is 0.261 e. The predicted molar refractivity (Wildman–Crippen MR) is 105 cm³/mol. The van der Waals surface area contributed by atoms with Crippen molar-refractivity contribution in [3.8, 4) is 0 Å². The molecule has 1 fully saturated rings. The second-order valence-electron chi connectivity index (χ2n) is 6.64. The largest absolute Gasteiger partial charge is 0.380 e. The molecule has 1 unspecified atom stereocenters. The first-order chi connectivity index (χ1) is 12.5. The number of nitrogens with zero attached hydrogens (tertiary/aromatic N) is 1. The van der Waals surface area contributed by atoms with Gasteiger partial charge in [0.05, 0.1) is 11.0 Å². The summed E-state index contributed by atoms with van der Waals surface area (Å²) in [5.41, 5.74) is 2.79. The maximum absolute atomic E-state index is 12.6. The van der Waals surface area contributed by atoms with E-state index in [0.29, 0.717) is 5.69 Å². The predicted octanol–water partition coefficient (Wildman–Crippen LogP) is 3.67. The molecular weight excluding hydrogens is 348 g/mol. The fourth-order valence-corrected chi connectivity index (χ4v) is 4.29. The first-order valence-electron chi connectivity index (χ1n) is 9.01. The van der Waals surface area contributed by atoms with Crippen LogP contribution in [0.4, 0.5) is 11.4 Å². The van der Waals surface area contributed by atoms with Gasteiger partial charge in [0.2, 0.25) is 0 Å². The summed E-state index contributed by atoms with van der Waals surface area (Å²) in [5.74, 6) is 0. The molecule has 0 bridgehead atoms. The standard InChI is InChI=1S/C20H26N2O3S/c1-3-4-16-5-11-20(12-6-16)26(23,24)21-17-7-9-18(10-8-17)22-14-13-19(15-22)25-2/h5-12,19,21H,3-4,13-15H2,1-2H3. The average Bonchev–Trinajstić information content (AvgIpc) is 3.12. The van der Waals surface area contributed by atoms with E-state index in [9.17, 15) is 8.42 Å². The number of aryl methyl sites for hydroxylation is 1. The lowest BCUT2D eigenvalue weighted by Gasteiger charge is -2.19. The summed E-state index contributed by atoms with van der Waals surface area (Å²) in [7, 11) is -1.84. The van der Waals surface area contributed by atoms with Crippen molar-refractivity contribution in [2.24, 2.45) is 0 Å². The van der Waals surface area contributed by atoms with Crippen molar-refractivity contribution in [1.82, 2.24) is 0 Å². The van der Waals surface area contributed by atoms with Gasteiger partial charge in [-0.05, 0) is 54.8 Å². The third kappa shape index (κ3) is 4.37. The van der Waals surface area contributed by atoms with E-state index in [1.165, 1.54) is 0 Å². The van der Waals surface area contributed by atoms with E-state index < -0.39 is 10.0 Å². The van der Waals surface area contributed by atoms with E-state index in [-0.39, 0.29) is 11.0 Å². The van der Waals surface area contributed by atoms with Gasteiger partial charge in [0.15, 0.2) is 0 Å². The average molecular weight is 375 g/mol. The number of rotatable bonds is 7. The second kappa shape index (κ2) is 8.10. The molecule has 2 aromatic rings. The van der Waals surface area contributed by atoms with E-state index in [0.717, 1.165) is 43.6 Å². The molecule has 0 aliphatic carbocycles. The van der Waals surface area contributed by atoms with Gasteiger partial charge in [-0.2, -0.15) is 0 Å². The Balaban J connectivity index is 1.68. The molecule has 5 nitrogen and oxygen atoms in total. The van der Waals surface area contributed by atoms with Crippen molar-refractivity contribution >= 4 is 21.4 Å². The first-order valence-corrected chi connectivity index (χ1v) is 10.5. The first kappa shape index (κ1) is 18.7. The molecule has 140 valence electrons. The van der Waals surface area contributed by atoms with Crippen molar-refractivity contribution in [2.45, 2.75) is 37.2 Å². The van der Waals surface area contributed by atoms with Crippen LogP contribution in [0.2, 0.25) is 0 Å². The quantitative estimate of drug-likeness (QED) is 0.803. The van der Waals surface area contributed by atoms with E-state index in [1.807, 2.05) is 24.3 Å². The van der Waals surface area contributed by atoms with Crippen molar-refractivity contribution < 1.29 is 13.2 Å². The van der Waals surface area contributed by atoms with Gasteiger partial charge in [-0.25, -0.2) is 8.42 Å². The summed E-state index contributed by atoms with van der Waals surface area (Å²) in [6.07, 6.45) is 3.27. The number of anilines is 2. The fraction of sp³-hybridized carbons (Fsp3) is 0.400. The van der Waals surface area contributed by atoms with Crippen LogP contribution < -0.4 is 9.62 Å². The highest BCUT2D eigenvalue weighted by Crippen LogP contribution is 2.24. The molecule has 1 aliphatic rings. The molecule has 1 saturated heterocycles. The van der Waals surface area contributed by atoms with Crippen LogP contribution in [0.3, 0.4) is 0 Å². The molecule has 0 spiro atoms. The molecule has 1 aliphatic heterocycles. The SMILES string of the molecule is CCCc1ccc(S(=O)(=O)Nc2ccc(N3CCC(OC)C3)cc2)cc1. The molecule has 1 N–H and O–H groups in total. The van der Waals surface area contributed by atoms with E-state index in [2.05, 4.69) is 16.5 Å². The molecule has 3 rings (SSSR count). The molecule has 1 atom stereocenters. The zero-order valence-electron chi connectivity index (χ0n) is 15.3. The molecule has 6 heteroatoms. The van der Waals surface area contributed by atoms with Crippen LogP contribution in [0, 0.1) is 0 Å². The molecule has 2 aromatic carbocycles. The minimum atomic E-state index is -3.57. The summed E-state index contributed by atoms with van der Waals surface area (Å²) in [6, 6.07) is 14.6. The highest BCUT2D eigenvalue weighted by molar-refractivity contribution is 7.92. The Morgan fingerprint density at radius 3 is 2.38 bits per heavy atom. The van der Waals surface area contributed by atoms with Crippen molar-refractivity contribution in [3.05, 3.63) is 54.1 Å². The minimum Gasteiger partial charge on any atom is -0.380 e. The molecule has 1 heterocycles. The smallest absolute Gasteiger partial charge is 0.261 e. The lowest BCUT2D eigenvalue weighted by Crippen LogP contribution is -2.22. The van der Waals surface area contributed by atoms with Gasteiger partial charge >= 0.3 is 0 Å². The lowest BCUT2D eigenvalue weighted by molar-refractivity contribution is 0.121. The van der Waals surface area contributed by atoms with Gasteiger partial charge in [-0.15, -0.1) is 0 Å². The van der Waals surface area contributed by atoms with Crippen molar-refractivity contribution in [2.75, 3.05) is 29.8 Å². The Bertz CT molecular complexity index is 817. The van der Waals surface area contributed by atoms with Crippen LogP contribution in [0.1, 0.15) is 25.3 Å². The Hall–Kier alpha value is -2.05. The molecule has 26 heavy (non-hydrogen) atoms. The summed E-state index contributed by atoms with van der Waals surface area (Å²) in [5, 5.41) is 0. The van der Waals surface area contributed by atoms with E-state index in [1.54, 1.807) is 31.4 Å². The van der Waals surface area contributed by atoms with Crippen molar-refractivity contribution in [1.29, 1.82) is 0 Å². The summed E-state index contributed by atoms with van der Waals surface area (Å²) >= 11 is 0. The number of ether oxygens (including phenoxy) is 1. The minimum absolute atomic E-state index is 0.267. The normalized spacial score (nSPS) is 17.5. The number of sulfonamides is 1.